The third-order valence-corrected chi connectivity index (χ3v) is 3.24. The summed E-state index contributed by atoms with van der Waals surface area (Å²) < 4.78 is 32.3. The summed E-state index contributed by atoms with van der Waals surface area (Å²) in [6.45, 7) is 2.37. The van der Waals surface area contributed by atoms with Crippen LogP contribution in [0.5, 0.6) is 5.75 Å². The fraction of sp³-hybridized carbons (Fsp3) is 0.235. The standard InChI is InChI=1S/C17H18F2N2O2/c1-2-23-15-8-6-11(10-14(15)20)7-9-16(22)21-17-12(18)4-3-5-13(17)19/h3-6,8,10H,2,7,9,20H2,1H3,(H,21,22). The van der Waals surface area contributed by atoms with Crippen LogP contribution in [0, 0.1) is 11.6 Å². The molecule has 0 unspecified atom stereocenters. The van der Waals surface area contributed by atoms with E-state index in [0.29, 0.717) is 24.5 Å². The predicted molar refractivity (Wildman–Crippen MR) is 85.3 cm³/mol. The van der Waals surface area contributed by atoms with E-state index in [1.165, 1.54) is 6.07 Å². The molecule has 0 aliphatic heterocycles. The van der Waals surface area contributed by atoms with E-state index >= 15 is 0 Å². The fourth-order valence-corrected chi connectivity index (χ4v) is 2.12. The van der Waals surface area contributed by atoms with Gasteiger partial charge in [-0.25, -0.2) is 8.78 Å². The van der Waals surface area contributed by atoms with Crippen molar-refractivity contribution in [2.45, 2.75) is 19.8 Å². The van der Waals surface area contributed by atoms with Crippen LogP contribution in [0.15, 0.2) is 36.4 Å². The SMILES string of the molecule is CCOc1ccc(CCC(=O)Nc2c(F)cccc2F)cc1N. The number of rotatable bonds is 6. The average Bonchev–Trinajstić information content (AvgIpc) is 2.51. The summed E-state index contributed by atoms with van der Waals surface area (Å²) in [4.78, 5) is 11.8. The molecular weight excluding hydrogens is 302 g/mol. The number of carbonyl (C=O) groups is 1. The largest absolute Gasteiger partial charge is 0.492 e. The predicted octanol–water partition coefficient (Wildman–Crippen LogP) is 3.52. The zero-order valence-electron chi connectivity index (χ0n) is 12.7. The first kappa shape index (κ1) is 16.7. The van der Waals surface area contributed by atoms with Crippen LogP contribution in [0.2, 0.25) is 0 Å². The topological polar surface area (TPSA) is 64.3 Å². The van der Waals surface area contributed by atoms with Gasteiger partial charge in [-0.05, 0) is 43.2 Å². The summed E-state index contributed by atoms with van der Waals surface area (Å²) in [6, 6.07) is 8.68. The van der Waals surface area contributed by atoms with Crippen LogP contribution in [0.4, 0.5) is 20.2 Å². The Hall–Kier alpha value is -2.63. The molecule has 0 spiro atoms. The molecule has 0 aromatic heterocycles. The molecule has 2 rings (SSSR count). The van der Waals surface area contributed by atoms with Gasteiger partial charge in [-0.1, -0.05) is 12.1 Å². The quantitative estimate of drug-likeness (QED) is 0.801. The molecule has 2 aromatic carbocycles. The maximum absolute atomic E-state index is 13.5. The first-order valence-electron chi connectivity index (χ1n) is 7.26. The van der Waals surface area contributed by atoms with Gasteiger partial charge in [0.05, 0.1) is 12.3 Å². The Balaban J connectivity index is 1.95. The van der Waals surface area contributed by atoms with Crippen molar-refractivity contribution in [1.29, 1.82) is 0 Å². The Labute approximate surface area is 133 Å². The molecular formula is C17H18F2N2O2. The van der Waals surface area contributed by atoms with Gasteiger partial charge in [-0.2, -0.15) is 0 Å². The van der Waals surface area contributed by atoms with E-state index < -0.39 is 23.2 Å². The third-order valence-electron chi connectivity index (χ3n) is 3.24. The first-order chi connectivity index (χ1) is 11.0. The summed E-state index contributed by atoms with van der Waals surface area (Å²) in [5, 5.41) is 2.25. The van der Waals surface area contributed by atoms with E-state index in [2.05, 4.69) is 5.32 Å². The number of anilines is 2. The molecule has 122 valence electrons. The Bertz CT molecular complexity index is 685. The molecule has 3 N–H and O–H groups in total. The van der Waals surface area contributed by atoms with Crippen LogP contribution in [0.1, 0.15) is 18.9 Å². The van der Waals surface area contributed by atoms with Gasteiger partial charge in [0.25, 0.3) is 0 Å². The number of carbonyl (C=O) groups excluding carboxylic acids is 1. The van der Waals surface area contributed by atoms with Crippen molar-refractivity contribution in [2.75, 3.05) is 17.7 Å². The summed E-state index contributed by atoms with van der Waals surface area (Å²) in [5.74, 6) is -1.48. The number of hydrogen-bond acceptors (Lipinski definition) is 3. The molecule has 6 heteroatoms. The normalized spacial score (nSPS) is 10.4. The van der Waals surface area contributed by atoms with Gasteiger partial charge < -0.3 is 15.8 Å². The molecule has 0 heterocycles. The Kier molecular flexibility index (Phi) is 5.51. The highest BCUT2D eigenvalue weighted by Crippen LogP contribution is 2.23. The maximum atomic E-state index is 13.5. The maximum Gasteiger partial charge on any atom is 0.224 e. The molecule has 2 aromatic rings. The second kappa shape index (κ2) is 7.58. The number of ether oxygens (including phenoxy) is 1. The molecule has 0 saturated carbocycles. The molecule has 0 atom stereocenters. The van der Waals surface area contributed by atoms with Gasteiger partial charge >= 0.3 is 0 Å². The van der Waals surface area contributed by atoms with Crippen molar-refractivity contribution >= 4 is 17.3 Å². The molecule has 0 aliphatic carbocycles. The smallest absolute Gasteiger partial charge is 0.224 e. The summed E-state index contributed by atoms with van der Waals surface area (Å²) in [5.41, 5.74) is 6.76. The minimum absolute atomic E-state index is 0.0845. The van der Waals surface area contributed by atoms with Crippen LogP contribution < -0.4 is 15.8 Å². The van der Waals surface area contributed by atoms with Crippen LogP contribution in [0.25, 0.3) is 0 Å². The van der Waals surface area contributed by atoms with Crippen molar-refractivity contribution in [2.24, 2.45) is 0 Å². The Morgan fingerprint density at radius 3 is 2.52 bits per heavy atom. The van der Waals surface area contributed by atoms with Gasteiger partial charge in [0.2, 0.25) is 5.91 Å². The first-order valence-corrected chi connectivity index (χ1v) is 7.26. The lowest BCUT2D eigenvalue weighted by atomic mass is 10.1. The Morgan fingerprint density at radius 1 is 1.22 bits per heavy atom. The van der Waals surface area contributed by atoms with Crippen LogP contribution in [-0.4, -0.2) is 12.5 Å². The average molecular weight is 320 g/mol. The van der Waals surface area contributed by atoms with Crippen molar-refractivity contribution in [1.82, 2.24) is 0 Å². The summed E-state index contributed by atoms with van der Waals surface area (Å²) >= 11 is 0. The number of benzene rings is 2. The molecule has 0 radical (unpaired) electrons. The lowest BCUT2D eigenvalue weighted by Gasteiger charge is -2.10. The van der Waals surface area contributed by atoms with Crippen molar-refractivity contribution in [3.05, 3.63) is 53.6 Å². The second-order valence-electron chi connectivity index (χ2n) is 4.95. The molecule has 0 saturated heterocycles. The zero-order valence-corrected chi connectivity index (χ0v) is 12.7. The van der Waals surface area contributed by atoms with Gasteiger partial charge in [0.15, 0.2) is 0 Å². The number of hydrogen-bond donors (Lipinski definition) is 2. The van der Waals surface area contributed by atoms with Crippen molar-refractivity contribution < 1.29 is 18.3 Å². The molecule has 1 amide bonds. The highest BCUT2D eigenvalue weighted by molar-refractivity contribution is 5.91. The number of aryl methyl sites for hydroxylation is 1. The third kappa shape index (κ3) is 4.42. The molecule has 4 nitrogen and oxygen atoms in total. The number of para-hydroxylation sites is 1. The minimum Gasteiger partial charge on any atom is -0.492 e. The highest BCUT2D eigenvalue weighted by atomic mass is 19.1. The number of nitrogens with two attached hydrogens (primary N) is 1. The van der Waals surface area contributed by atoms with Gasteiger partial charge in [0.1, 0.15) is 23.1 Å². The lowest BCUT2D eigenvalue weighted by Crippen LogP contribution is -2.14. The van der Waals surface area contributed by atoms with E-state index in [4.69, 9.17) is 10.5 Å². The van der Waals surface area contributed by atoms with Crippen molar-refractivity contribution in [3.8, 4) is 5.75 Å². The van der Waals surface area contributed by atoms with Crippen LogP contribution in [-0.2, 0) is 11.2 Å². The number of nitrogens with one attached hydrogen (secondary N) is 1. The van der Waals surface area contributed by atoms with Crippen LogP contribution in [0.3, 0.4) is 0 Å². The molecule has 0 fully saturated rings. The molecule has 0 aliphatic rings. The Morgan fingerprint density at radius 2 is 1.91 bits per heavy atom. The fourth-order valence-electron chi connectivity index (χ4n) is 2.12. The lowest BCUT2D eigenvalue weighted by molar-refractivity contribution is -0.116. The van der Waals surface area contributed by atoms with E-state index in [1.807, 2.05) is 6.92 Å². The summed E-state index contributed by atoms with van der Waals surface area (Å²) in [7, 11) is 0. The monoisotopic (exact) mass is 320 g/mol. The minimum atomic E-state index is -0.802. The van der Waals surface area contributed by atoms with Gasteiger partial charge in [0, 0.05) is 6.42 Å². The number of amides is 1. The molecule has 23 heavy (non-hydrogen) atoms. The van der Waals surface area contributed by atoms with Crippen LogP contribution >= 0.6 is 0 Å². The summed E-state index contributed by atoms with van der Waals surface area (Å²) in [6.07, 6.45) is 0.486. The van der Waals surface area contributed by atoms with E-state index in [1.54, 1.807) is 18.2 Å². The van der Waals surface area contributed by atoms with Gasteiger partial charge in [-0.15, -0.1) is 0 Å². The number of halogens is 2. The second-order valence-corrected chi connectivity index (χ2v) is 4.95. The highest BCUT2D eigenvalue weighted by Gasteiger charge is 2.12. The van der Waals surface area contributed by atoms with E-state index in [0.717, 1.165) is 17.7 Å². The molecule has 0 bridgehead atoms. The van der Waals surface area contributed by atoms with Gasteiger partial charge in [-0.3, -0.25) is 4.79 Å². The zero-order chi connectivity index (χ0) is 16.8. The van der Waals surface area contributed by atoms with E-state index in [9.17, 15) is 13.6 Å². The number of nitrogen functional groups attached to an aromatic ring is 1. The van der Waals surface area contributed by atoms with Crippen molar-refractivity contribution in [3.63, 3.8) is 0 Å². The van der Waals surface area contributed by atoms with E-state index in [-0.39, 0.29) is 6.42 Å².